The van der Waals surface area contributed by atoms with Crippen LogP contribution in [0.1, 0.15) is 32.0 Å². The molecule has 0 atom stereocenters. The quantitative estimate of drug-likeness (QED) is 0.837. The van der Waals surface area contributed by atoms with E-state index in [0.717, 1.165) is 11.3 Å². The van der Waals surface area contributed by atoms with E-state index in [9.17, 15) is 0 Å². The van der Waals surface area contributed by atoms with Crippen LogP contribution in [0, 0.1) is 0 Å². The van der Waals surface area contributed by atoms with Crippen LogP contribution in [-0.4, -0.2) is 26.1 Å². The number of hydrogen-bond donors (Lipinski definition) is 1. The fraction of sp³-hybridized carbons (Fsp3) is 0.667. The van der Waals surface area contributed by atoms with Crippen molar-refractivity contribution < 1.29 is 4.43 Å². The zero-order valence-electron chi connectivity index (χ0n) is 11.6. The van der Waals surface area contributed by atoms with Gasteiger partial charge in [-0.15, -0.1) is 0 Å². The summed E-state index contributed by atoms with van der Waals surface area (Å²) in [4.78, 5) is 8.81. The maximum absolute atomic E-state index is 5.74. The van der Waals surface area contributed by atoms with Crippen LogP contribution in [0.5, 0.6) is 0 Å². The summed E-state index contributed by atoms with van der Waals surface area (Å²) in [5.41, 5.74) is 2.14. The summed E-state index contributed by atoms with van der Waals surface area (Å²) in [5, 5.41) is 2.97. The van der Waals surface area contributed by atoms with E-state index in [4.69, 9.17) is 4.43 Å². The highest BCUT2D eigenvalue weighted by Crippen LogP contribution is 2.25. The van der Waals surface area contributed by atoms with Gasteiger partial charge in [0.2, 0.25) is 15.0 Å². The molecule has 0 saturated carbocycles. The Morgan fingerprint density at radius 2 is 2.00 bits per heavy atom. The summed E-state index contributed by atoms with van der Waals surface area (Å²) in [6, 6.07) is 0. The minimum Gasteiger partial charge on any atom is -0.413 e. The smallest absolute Gasteiger partial charge is 0.222 e. The topological polar surface area (TPSA) is 47.0 Å². The van der Waals surface area contributed by atoms with Gasteiger partial charge in [0.25, 0.3) is 0 Å². The number of rotatable bonds is 4. The van der Waals surface area contributed by atoms with Crippen molar-refractivity contribution in [3.63, 3.8) is 0 Å². The average Bonchev–Trinajstić information content (AvgIpc) is 2.24. The van der Waals surface area contributed by atoms with Gasteiger partial charge in [-0.2, -0.15) is 0 Å². The standard InChI is InChI=1S/C12H22N3OSi/c1-12(2,3)10-9(8-16-17(5)6)7-14-11(13-4)15-10/h7H,8H2,1-6H3,(H,13,14,15). The SMILES string of the molecule is CNc1ncc(CO[Si](C)C)c(C(C)(C)C)n1. The fourth-order valence-corrected chi connectivity index (χ4v) is 1.95. The molecule has 0 aliphatic rings. The summed E-state index contributed by atoms with van der Waals surface area (Å²) in [6.07, 6.45) is 1.87. The Morgan fingerprint density at radius 3 is 2.47 bits per heavy atom. The Balaban J connectivity index is 3.03. The number of aromatic nitrogens is 2. The highest BCUT2D eigenvalue weighted by molar-refractivity contribution is 6.48. The molecule has 0 fully saturated rings. The molecule has 5 heteroatoms. The third kappa shape index (κ3) is 4.09. The van der Waals surface area contributed by atoms with Crippen LogP contribution in [0.4, 0.5) is 5.95 Å². The summed E-state index contributed by atoms with van der Waals surface area (Å²) in [5.74, 6) is 0.664. The second kappa shape index (κ2) is 5.60. The molecule has 0 saturated heterocycles. The maximum Gasteiger partial charge on any atom is 0.222 e. The fourth-order valence-electron chi connectivity index (χ4n) is 1.50. The molecule has 0 unspecified atom stereocenters. The van der Waals surface area contributed by atoms with E-state index < -0.39 is 9.04 Å². The van der Waals surface area contributed by atoms with Gasteiger partial charge >= 0.3 is 0 Å². The van der Waals surface area contributed by atoms with E-state index in [-0.39, 0.29) is 5.41 Å². The van der Waals surface area contributed by atoms with Gasteiger partial charge in [-0.25, -0.2) is 9.97 Å². The highest BCUT2D eigenvalue weighted by atomic mass is 28.3. The molecule has 1 aromatic rings. The highest BCUT2D eigenvalue weighted by Gasteiger charge is 2.21. The molecule has 1 rings (SSSR count). The largest absolute Gasteiger partial charge is 0.413 e. The third-order valence-electron chi connectivity index (χ3n) is 2.31. The molecule has 95 valence electrons. The molecule has 1 heterocycles. The summed E-state index contributed by atoms with van der Waals surface area (Å²) < 4.78 is 5.74. The molecule has 1 aromatic heterocycles. The van der Waals surface area contributed by atoms with Crippen LogP contribution in [-0.2, 0) is 16.4 Å². The van der Waals surface area contributed by atoms with Crippen molar-refractivity contribution in [2.75, 3.05) is 12.4 Å². The van der Waals surface area contributed by atoms with Crippen molar-refractivity contribution >= 4 is 15.0 Å². The van der Waals surface area contributed by atoms with Crippen molar-refractivity contribution in [2.45, 2.75) is 45.9 Å². The molecule has 1 N–H and O–H groups in total. The van der Waals surface area contributed by atoms with Crippen LogP contribution in [0.3, 0.4) is 0 Å². The zero-order chi connectivity index (χ0) is 13.1. The molecule has 0 amide bonds. The normalized spacial score (nSPS) is 11.9. The Kier molecular flexibility index (Phi) is 4.65. The van der Waals surface area contributed by atoms with Gasteiger partial charge in [0.05, 0.1) is 12.3 Å². The molecule has 0 aromatic carbocycles. The van der Waals surface area contributed by atoms with Crippen molar-refractivity contribution in [2.24, 2.45) is 0 Å². The van der Waals surface area contributed by atoms with Gasteiger partial charge in [-0.05, 0) is 13.1 Å². The van der Waals surface area contributed by atoms with E-state index in [1.54, 1.807) is 0 Å². The lowest BCUT2D eigenvalue weighted by molar-refractivity contribution is 0.309. The first-order chi connectivity index (χ1) is 7.84. The van der Waals surface area contributed by atoms with E-state index in [1.807, 2.05) is 13.2 Å². The van der Waals surface area contributed by atoms with Crippen LogP contribution >= 0.6 is 0 Å². The van der Waals surface area contributed by atoms with Crippen molar-refractivity contribution in [3.05, 3.63) is 17.5 Å². The van der Waals surface area contributed by atoms with Crippen molar-refractivity contribution in [1.82, 2.24) is 9.97 Å². The maximum atomic E-state index is 5.74. The van der Waals surface area contributed by atoms with E-state index >= 15 is 0 Å². The van der Waals surface area contributed by atoms with Gasteiger partial charge in [0.1, 0.15) is 0 Å². The monoisotopic (exact) mass is 252 g/mol. The van der Waals surface area contributed by atoms with Crippen LogP contribution < -0.4 is 5.32 Å². The van der Waals surface area contributed by atoms with Gasteiger partial charge in [0, 0.05) is 24.2 Å². The van der Waals surface area contributed by atoms with Gasteiger partial charge in [0.15, 0.2) is 0 Å². The summed E-state index contributed by atoms with van der Waals surface area (Å²) in [6.45, 7) is 11.3. The number of nitrogens with zero attached hydrogens (tertiary/aromatic N) is 2. The molecule has 0 spiro atoms. The Bertz CT molecular complexity index is 375. The van der Waals surface area contributed by atoms with Gasteiger partial charge < -0.3 is 9.74 Å². The molecule has 0 aliphatic heterocycles. The van der Waals surface area contributed by atoms with Crippen molar-refractivity contribution in [3.8, 4) is 0 Å². The Hall–Kier alpha value is -0.943. The molecule has 0 aliphatic carbocycles. The number of hydrogen-bond acceptors (Lipinski definition) is 4. The minimum absolute atomic E-state index is 0.00161. The molecule has 17 heavy (non-hydrogen) atoms. The van der Waals surface area contributed by atoms with E-state index in [1.165, 1.54) is 0 Å². The second-order valence-corrected chi connectivity index (χ2v) is 7.37. The van der Waals surface area contributed by atoms with Gasteiger partial charge in [-0.1, -0.05) is 20.8 Å². The lowest BCUT2D eigenvalue weighted by Gasteiger charge is -2.22. The molecular formula is C12H22N3OSi. The van der Waals surface area contributed by atoms with Crippen LogP contribution in [0.2, 0.25) is 13.1 Å². The van der Waals surface area contributed by atoms with E-state index in [0.29, 0.717) is 12.6 Å². The van der Waals surface area contributed by atoms with Gasteiger partial charge in [-0.3, -0.25) is 0 Å². The minimum atomic E-state index is -0.680. The van der Waals surface area contributed by atoms with Crippen molar-refractivity contribution in [1.29, 1.82) is 0 Å². The van der Waals surface area contributed by atoms with Crippen LogP contribution in [0.15, 0.2) is 6.20 Å². The first-order valence-corrected chi connectivity index (χ1v) is 8.22. The second-order valence-electron chi connectivity index (χ2n) is 5.26. The lowest BCUT2D eigenvalue weighted by Crippen LogP contribution is -2.20. The van der Waals surface area contributed by atoms with E-state index in [2.05, 4.69) is 49.1 Å². The molecule has 4 nitrogen and oxygen atoms in total. The number of nitrogens with one attached hydrogen (secondary N) is 1. The predicted octanol–water partition coefficient (Wildman–Crippen LogP) is 2.58. The Morgan fingerprint density at radius 1 is 1.35 bits per heavy atom. The first kappa shape index (κ1) is 14.1. The van der Waals surface area contributed by atoms with Crippen LogP contribution in [0.25, 0.3) is 0 Å². The number of anilines is 1. The molecule has 1 radical (unpaired) electrons. The third-order valence-corrected chi connectivity index (χ3v) is 3.04. The molecular weight excluding hydrogens is 230 g/mol. The zero-order valence-corrected chi connectivity index (χ0v) is 12.6. The first-order valence-electron chi connectivity index (χ1n) is 5.81. The Labute approximate surface area is 106 Å². The summed E-state index contributed by atoms with van der Waals surface area (Å²) in [7, 11) is 1.15. The molecule has 0 bridgehead atoms. The predicted molar refractivity (Wildman–Crippen MR) is 72.5 cm³/mol. The summed E-state index contributed by atoms with van der Waals surface area (Å²) >= 11 is 0. The average molecular weight is 252 g/mol. The lowest BCUT2D eigenvalue weighted by atomic mass is 9.89.